The topological polar surface area (TPSA) is 96.2 Å². The summed E-state index contributed by atoms with van der Waals surface area (Å²) >= 11 is 0. The number of anilines is 1. The van der Waals surface area contributed by atoms with Crippen LogP contribution in [0.4, 0.5) is 5.69 Å². The van der Waals surface area contributed by atoms with Crippen molar-refractivity contribution < 1.29 is 14.7 Å². The first-order valence-corrected chi connectivity index (χ1v) is 7.25. The number of carboxylic acids is 1. The van der Waals surface area contributed by atoms with E-state index in [4.69, 9.17) is 0 Å². The number of hydrogen-bond donors (Lipinski definition) is 1. The number of nitrogens with one attached hydrogen (secondary N) is 1. The first kappa shape index (κ1) is 16.5. The van der Waals surface area contributed by atoms with Gasteiger partial charge in [-0.2, -0.15) is 0 Å². The normalized spacial score (nSPS) is 10.5. The van der Waals surface area contributed by atoms with E-state index < -0.39 is 11.9 Å². The molecule has 7 heteroatoms. The van der Waals surface area contributed by atoms with Crippen molar-refractivity contribution in [3.63, 3.8) is 0 Å². The van der Waals surface area contributed by atoms with Crippen molar-refractivity contribution in [1.82, 2.24) is 9.36 Å². The Morgan fingerprint density at radius 3 is 2.43 bits per heavy atom. The summed E-state index contributed by atoms with van der Waals surface area (Å²) in [5.41, 5.74) is 1.19. The van der Waals surface area contributed by atoms with Crippen molar-refractivity contribution in [1.29, 1.82) is 0 Å². The smallest absolute Gasteiger partial charge is 0.295 e. The number of carboxylic acid groups (broad SMARTS) is 1. The number of aromatic nitrogens is 2. The molecular weight excluding hydrogens is 298 g/mol. The minimum Gasteiger partial charge on any atom is -0.550 e. The molecule has 0 aliphatic heterocycles. The monoisotopic (exact) mass is 316 g/mol. The Balaban J connectivity index is 2.23. The van der Waals surface area contributed by atoms with E-state index in [1.807, 2.05) is 18.2 Å². The van der Waals surface area contributed by atoms with E-state index in [0.717, 1.165) is 0 Å². The van der Waals surface area contributed by atoms with Crippen molar-refractivity contribution >= 4 is 17.6 Å². The van der Waals surface area contributed by atoms with Gasteiger partial charge in [0, 0.05) is 19.4 Å². The zero-order valence-electron chi connectivity index (χ0n) is 13.0. The highest BCUT2D eigenvalue weighted by Gasteiger charge is 2.17. The Labute approximate surface area is 133 Å². The van der Waals surface area contributed by atoms with E-state index in [0.29, 0.717) is 11.4 Å². The quantitative estimate of drug-likeness (QED) is 0.831. The molecule has 0 radical (unpaired) electrons. The molecule has 0 unspecified atom stereocenters. The van der Waals surface area contributed by atoms with Crippen LogP contribution in [0, 0.1) is 6.92 Å². The van der Waals surface area contributed by atoms with Crippen LogP contribution in [0.15, 0.2) is 35.1 Å². The van der Waals surface area contributed by atoms with Crippen LogP contribution in [0.25, 0.3) is 5.69 Å². The molecule has 0 aliphatic rings. The van der Waals surface area contributed by atoms with Crippen LogP contribution in [-0.2, 0) is 16.6 Å². The first-order valence-electron chi connectivity index (χ1n) is 7.25. The second-order valence-electron chi connectivity index (χ2n) is 5.21. The van der Waals surface area contributed by atoms with Gasteiger partial charge in [0.1, 0.15) is 5.69 Å². The molecule has 1 N–H and O–H groups in total. The van der Waals surface area contributed by atoms with Gasteiger partial charge in [0.2, 0.25) is 5.91 Å². The zero-order valence-corrected chi connectivity index (χ0v) is 13.0. The van der Waals surface area contributed by atoms with Gasteiger partial charge in [0.25, 0.3) is 5.56 Å². The number of para-hydroxylation sites is 1. The fourth-order valence-electron chi connectivity index (χ4n) is 2.31. The second-order valence-corrected chi connectivity index (χ2v) is 5.21. The third-order valence-electron chi connectivity index (χ3n) is 3.60. The number of carbonyl (C=O) groups excluding carboxylic acids is 2. The van der Waals surface area contributed by atoms with Crippen LogP contribution < -0.4 is 16.0 Å². The summed E-state index contributed by atoms with van der Waals surface area (Å²) in [6.45, 7) is 1.73. The van der Waals surface area contributed by atoms with Gasteiger partial charge in [-0.05, 0) is 31.9 Å². The largest absolute Gasteiger partial charge is 0.550 e. The molecule has 0 saturated heterocycles. The van der Waals surface area contributed by atoms with Gasteiger partial charge in [0.15, 0.2) is 0 Å². The minimum atomic E-state index is -1.19. The highest BCUT2D eigenvalue weighted by molar-refractivity contribution is 5.91. The van der Waals surface area contributed by atoms with Crippen molar-refractivity contribution in [3.05, 3.63) is 46.4 Å². The molecule has 7 nitrogen and oxygen atoms in total. The number of aliphatic carboxylic acids is 1. The third kappa shape index (κ3) is 3.68. The number of benzene rings is 1. The van der Waals surface area contributed by atoms with E-state index in [9.17, 15) is 19.5 Å². The number of carbonyl (C=O) groups is 2. The summed E-state index contributed by atoms with van der Waals surface area (Å²) in [6.07, 6.45) is 0.00938. The SMILES string of the molecule is Cc1c(NC(=O)CCCC(=O)[O-])c(=O)n(-c2ccccc2)n1C. The average Bonchev–Trinajstić information content (AvgIpc) is 2.71. The van der Waals surface area contributed by atoms with Gasteiger partial charge in [-0.25, -0.2) is 4.68 Å². The Hall–Kier alpha value is -2.83. The molecule has 122 valence electrons. The van der Waals surface area contributed by atoms with Crippen molar-refractivity contribution in [3.8, 4) is 5.69 Å². The highest BCUT2D eigenvalue weighted by atomic mass is 16.4. The zero-order chi connectivity index (χ0) is 17.0. The van der Waals surface area contributed by atoms with E-state index >= 15 is 0 Å². The van der Waals surface area contributed by atoms with E-state index in [1.165, 1.54) is 4.68 Å². The molecule has 0 atom stereocenters. The highest BCUT2D eigenvalue weighted by Crippen LogP contribution is 2.14. The number of amides is 1. The molecule has 1 amide bonds. The lowest BCUT2D eigenvalue weighted by atomic mass is 10.2. The molecule has 1 aromatic carbocycles. The molecule has 2 aromatic rings. The lowest BCUT2D eigenvalue weighted by molar-refractivity contribution is -0.305. The Morgan fingerprint density at radius 2 is 1.83 bits per heavy atom. The maximum absolute atomic E-state index is 12.6. The summed E-state index contributed by atoms with van der Waals surface area (Å²) in [6, 6.07) is 9.09. The van der Waals surface area contributed by atoms with Crippen LogP contribution in [-0.4, -0.2) is 21.2 Å². The molecular formula is C16H18N3O4-. The van der Waals surface area contributed by atoms with Crippen LogP contribution in [0.5, 0.6) is 0 Å². The molecule has 0 spiro atoms. The van der Waals surface area contributed by atoms with Crippen molar-refractivity contribution in [2.45, 2.75) is 26.2 Å². The number of nitrogens with zero attached hydrogens (tertiary/aromatic N) is 2. The molecule has 23 heavy (non-hydrogen) atoms. The van der Waals surface area contributed by atoms with Crippen LogP contribution >= 0.6 is 0 Å². The summed E-state index contributed by atoms with van der Waals surface area (Å²) in [4.78, 5) is 34.8. The lowest BCUT2D eigenvalue weighted by Crippen LogP contribution is -2.24. The van der Waals surface area contributed by atoms with Gasteiger partial charge in [0.05, 0.1) is 11.4 Å². The Morgan fingerprint density at radius 1 is 1.17 bits per heavy atom. The summed E-state index contributed by atoms with van der Waals surface area (Å²) in [5.74, 6) is -1.59. The summed E-state index contributed by atoms with van der Waals surface area (Å²) < 4.78 is 3.13. The predicted molar refractivity (Wildman–Crippen MR) is 83.2 cm³/mol. The first-order chi connectivity index (χ1) is 10.9. The van der Waals surface area contributed by atoms with E-state index in [2.05, 4.69) is 5.32 Å². The van der Waals surface area contributed by atoms with Crippen LogP contribution in [0.2, 0.25) is 0 Å². The van der Waals surface area contributed by atoms with E-state index in [-0.39, 0.29) is 30.5 Å². The van der Waals surface area contributed by atoms with Gasteiger partial charge in [-0.3, -0.25) is 14.3 Å². The number of rotatable bonds is 6. The van der Waals surface area contributed by atoms with Gasteiger partial charge in [-0.15, -0.1) is 0 Å². The predicted octanol–water partition coefficient (Wildman–Crippen LogP) is 0.343. The van der Waals surface area contributed by atoms with E-state index in [1.54, 1.807) is 30.8 Å². The minimum absolute atomic E-state index is 0.0209. The maximum atomic E-state index is 12.6. The van der Waals surface area contributed by atoms with Gasteiger partial charge in [-0.1, -0.05) is 18.2 Å². The number of hydrogen-bond acceptors (Lipinski definition) is 4. The molecule has 0 saturated carbocycles. The molecule has 2 rings (SSSR count). The van der Waals surface area contributed by atoms with Crippen molar-refractivity contribution in [2.24, 2.45) is 7.05 Å². The molecule has 0 aliphatic carbocycles. The van der Waals surface area contributed by atoms with Crippen LogP contribution in [0.3, 0.4) is 0 Å². The summed E-state index contributed by atoms with van der Waals surface area (Å²) in [7, 11) is 1.73. The second kappa shape index (κ2) is 6.95. The Kier molecular flexibility index (Phi) is 5.00. The standard InChI is InChI=1S/C16H19N3O4/c1-11-15(17-13(20)9-6-10-14(21)22)16(23)19(18(11)2)12-7-4-3-5-8-12/h3-5,7-8H,6,9-10H2,1-2H3,(H,17,20)(H,21,22)/p-1. The fourth-order valence-corrected chi connectivity index (χ4v) is 2.31. The van der Waals surface area contributed by atoms with Gasteiger partial charge >= 0.3 is 0 Å². The van der Waals surface area contributed by atoms with Gasteiger partial charge < -0.3 is 15.2 Å². The van der Waals surface area contributed by atoms with Crippen LogP contribution in [0.1, 0.15) is 25.0 Å². The molecule has 1 heterocycles. The maximum Gasteiger partial charge on any atom is 0.295 e. The summed E-state index contributed by atoms with van der Waals surface area (Å²) in [5, 5.41) is 12.9. The average molecular weight is 316 g/mol. The fraction of sp³-hybridized carbons (Fsp3) is 0.312. The van der Waals surface area contributed by atoms with Crippen molar-refractivity contribution in [2.75, 3.05) is 5.32 Å². The Bertz CT molecular complexity index is 775. The molecule has 1 aromatic heterocycles. The molecule has 0 bridgehead atoms. The lowest BCUT2D eigenvalue weighted by Gasteiger charge is -2.07. The molecule has 0 fully saturated rings. The third-order valence-corrected chi connectivity index (χ3v) is 3.60.